The van der Waals surface area contributed by atoms with Crippen molar-refractivity contribution in [3.05, 3.63) is 69.8 Å². The van der Waals surface area contributed by atoms with Gasteiger partial charge < -0.3 is 0 Å². The fraction of sp³-hybridized carbons (Fsp3) is 0.581. The van der Waals surface area contributed by atoms with Gasteiger partial charge in [0.05, 0.1) is 0 Å². The Morgan fingerprint density at radius 2 is 0.875 bits per heavy atom. The molecule has 0 unspecified atom stereocenters. The number of carbonyl (C=O) groups excluding carboxylic acids is 1. The van der Waals surface area contributed by atoms with Crippen LogP contribution in [0.4, 0.5) is 0 Å². The average molecular weight is 431 g/mol. The van der Waals surface area contributed by atoms with Crippen molar-refractivity contribution in [2.45, 2.75) is 116 Å². The summed E-state index contributed by atoms with van der Waals surface area (Å²) in [5, 5.41) is 0. The lowest BCUT2D eigenvalue weighted by atomic mass is 9.63. The van der Waals surface area contributed by atoms with Crippen LogP contribution >= 0.6 is 0 Å². The number of rotatable bonds is 4. The van der Waals surface area contributed by atoms with Gasteiger partial charge in [-0.1, -0.05) is 91.8 Å². The third kappa shape index (κ3) is 4.20. The van der Waals surface area contributed by atoms with E-state index in [0.717, 1.165) is 0 Å². The van der Waals surface area contributed by atoms with Crippen LogP contribution in [-0.4, -0.2) is 5.78 Å². The van der Waals surface area contributed by atoms with E-state index in [1.807, 2.05) is 0 Å². The highest BCUT2D eigenvalue weighted by atomic mass is 16.1. The number of carbonyl (C=O) groups is 1. The van der Waals surface area contributed by atoms with Gasteiger partial charge in [-0.2, -0.15) is 0 Å². The first kappa shape index (κ1) is 23.3. The molecule has 2 aliphatic rings. The molecule has 0 amide bonds. The van der Waals surface area contributed by atoms with Crippen molar-refractivity contribution in [3.8, 4) is 0 Å². The maximum Gasteiger partial charge on any atom is 0.141 e. The highest BCUT2D eigenvalue weighted by Gasteiger charge is 2.38. The summed E-state index contributed by atoms with van der Waals surface area (Å²) in [5.74, 6) is 0.311. The predicted octanol–water partition coefficient (Wildman–Crippen LogP) is 7.74. The first-order valence-electron chi connectivity index (χ1n) is 12.5. The third-order valence-electron chi connectivity index (χ3n) is 8.64. The molecule has 1 heteroatoms. The molecule has 0 heterocycles. The smallest absolute Gasteiger partial charge is 0.141 e. The summed E-state index contributed by atoms with van der Waals surface area (Å²) in [5.41, 5.74) is 8.94. The first-order valence-corrected chi connectivity index (χ1v) is 12.5. The molecule has 0 saturated carbocycles. The summed E-state index contributed by atoms with van der Waals surface area (Å²) in [4.78, 5) is 13.1. The van der Waals surface area contributed by atoms with Gasteiger partial charge in [0.1, 0.15) is 5.78 Å². The fourth-order valence-electron chi connectivity index (χ4n) is 6.01. The van der Waals surface area contributed by atoms with E-state index in [0.29, 0.717) is 18.6 Å². The van der Waals surface area contributed by atoms with Crippen LogP contribution in [0.3, 0.4) is 0 Å². The molecule has 172 valence electrons. The zero-order valence-corrected chi connectivity index (χ0v) is 21.6. The number of ketones is 1. The van der Waals surface area contributed by atoms with Gasteiger partial charge in [-0.05, 0) is 80.7 Å². The standard InChI is InChI=1S/C31H42O/c1-28(2)13-15-30(5,6)26-19-21(9-11-24(26)28)17-23(32)18-22-10-12-25-27(20-22)31(7,8)16-14-29(25,3)4/h9-12,19-20H,13-18H2,1-8H3. The quantitative estimate of drug-likeness (QED) is 0.485. The zero-order valence-electron chi connectivity index (χ0n) is 21.6. The minimum absolute atomic E-state index is 0.181. The number of hydrogen-bond donors (Lipinski definition) is 0. The van der Waals surface area contributed by atoms with Crippen molar-refractivity contribution in [3.63, 3.8) is 0 Å². The van der Waals surface area contributed by atoms with E-state index in [1.165, 1.54) is 59.1 Å². The fourth-order valence-corrected chi connectivity index (χ4v) is 6.01. The molecule has 2 aromatic rings. The van der Waals surface area contributed by atoms with Crippen molar-refractivity contribution in [1.29, 1.82) is 0 Å². The molecule has 0 N–H and O–H groups in total. The Kier molecular flexibility index (Phi) is 5.51. The lowest BCUT2D eigenvalue weighted by Gasteiger charge is -2.42. The Hall–Kier alpha value is -1.89. The third-order valence-corrected chi connectivity index (χ3v) is 8.64. The largest absolute Gasteiger partial charge is 0.299 e. The van der Waals surface area contributed by atoms with Crippen LogP contribution in [0.25, 0.3) is 0 Å². The summed E-state index contributed by atoms with van der Waals surface area (Å²) < 4.78 is 0. The van der Waals surface area contributed by atoms with Gasteiger partial charge in [0.15, 0.2) is 0 Å². The Morgan fingerprint density at radius 1 is 0.562 bits per heavy atom. The normalized spacial score (nSPS) is 22.0. The first-order chi connectivity index (χ1) is 14.7. The molecule has 0 bridgehead atoms. The Balaban J connectivity index is 1.55. The van der Waals surface area contributed by atoms with Gasteiger partial charge in [0, 0.05) is 12.8 Å². The van der Waals surface area contributed by atoms with Crippen LogP contribution in [0.1, 0.15) is 114 Å². The van der Waals surface area contributed by atoms with Crippen LogP contribution in [0.5, 0.6) is 0 Å². The molecule has 4 rings (SSSR count). The van der Waals surface area contributed by atoms with Crippen molar-refractivity contribution < 1.29 is 4.79 Å². The zero-order chi connectivity index (χ0) is 23.5. The van der Waals surface area contributed by atoms with E-state index < -0.39 is 0 Å². The maximum atomic E-state index is 13.1. The molecule has 0 spiro atoms. The molecular formula is C31H42O. The second-order valence-electron chi connectivity index (χ2n) is 13.2. The van der Waals surface area contributed by atoms with Crippen LogP contribution in [0.15, 0.2) is 36.4 Å². The SMILES string of the molecule is CC1(C)CCC(C)(C)c2cc(CC(=O)Cc3ccc4c(c3)C(C)(C)CCC4(C)C)ccc21. The molecule has 1 nitrogen and oxygen atoms in total. The predicted molar refractivity (Wildman–Crippen MR) is 136 cm³/mol. The molecular weight excluding hydrogens is 388 g/mol. The van der Waals surface area contributed by atoms with Gasteiger partial charge in [0.25, 0.3) is 0 Å². The maximum absolute atomic E-state index is 13.1. The minimum Gasteiger partial charge on any atom is -0.299 e. The van der Waals surface area contributed by atoms with E-state index in [1.54, 1.807) is 0 Å². The monoisotopic (exact) mass is 430 g/mol. The minimum atomic E-state index is 0.181. The van der Waals surface area contributed by atoms with Crippen molar-refractivity contribution >= 4 is 5.78 Å². The number of fused-ring (bicyclic) bond motifs is 2. The van der Waals surface area contributed by atoms with Crippen molar-refractivity contribution in [2.75, 3.05) is 0 Å². The summed E-state index contributed by atoms with van der Waals surface area (Å²) >= 11 is 0. The summed E-state index contributed by atoms with van der Waals surface area (Å²) in [6.07, 6.45) is 5.89. The molecule has 2 aliphatic carbocycles. The van der Waals surface area contributed by atoms with E-state index >= 15 is 0 Å². The molecule has 32 heavy (non-hydrogen) atoms. The van der Waals surface area contributed by atoms with E-state index in [4.69, 9.17) is 0 Å². The second-order valence-corrected chi connectivity index (χ2v) is 13.2. The highest BCUT2D eigenvalue weighted by molar-refractivity contribution is 5.83. The Morgan fingerprint density at radius 3 is 1.22 bits per heavy atom. The summed E-state index contributed by atoms with van der Waals surface area (Å²) in [7, 11) is 0. The molecule has 0 aromatic heterocycles. The van der Waals surface area contributed by atoms with Crippen molar-refractivity contribution in [1.82, 2.24) is 0 Å². The number of benzene rings is 2. The molecule has 0 atom stereocenters. The lowest BCUT2D eigenvalue weighted by molar-refractivity contribution is -0.117. The Labute approximate surface area is 196 Å². The van der Waals surface area contributed by atoms with Crippen LogP contribution in [-0.2, 0) is 39.3 Å². The number of Topliss-reactive ketones (excluding diaryl/α,β-unsaturated/α-hetero) is 1. The molecule has 0 fully saturated rings. The average Bonchev–Trinajstić information content (AvgIpc) is 2.69. The van der Waals surface area contributed by atoms with E-state index in [2.05, 4.69) is 91.8 Å². The van der Waals surface area contributed by atoms with Crippen LogP contribution in [0.2, 0.25) is 0 Å². The van der Waals surface area contributed by atoms with Crippen LogP contribution < -0.4 is 0 Å². The van der Waals surface area contributed by atoms with Gasteiger partial charge >= 0.3 is 0 Å². The molecule has 0 aliphatic heterocycles. The Bertz CT molecular complexity index is 965. The molecule has 0 radical (unpaired) electrons. The molecule has 2 aromatic carbocycles. The lowest BCUT2D eigenvalue weighted by Crippen LogP contribution is -2.34. The topological polar surface area (TPSA) is 17.1 Å². The van der Waals surface area contributed by atoms with E-state index in [-0.39, 0.29) is 21.7 Å². The summed E-state index contributed by atoms with van der Waals surface area (Å²) in [6.45, 7) is 18.8. The summed E-state index contributed by atoms with van der Waals surface area (Å²) in [6, 6.07) is 13.6. The van der Waals surface area contributed by atoms with Crippen LogP contribution in [0, 0.1) is 0 Å². The number of hydrogen-bond acceptors (Lipinski definition) is 1. The van der Waals surface area contributed by atoms with Gasteiger partial charge in [-0.15, -0.1) is 0 Å². The van der Waals surface area contributed by atoms with E-state index in [9.17, 15) is 4.79 Å². The van der Waals surface area contributed by atoms with Gasteiger partial charge in [-0.3, -0.25) is 4.79 Å². The molecule has 0 saturated heterocycles. The second kappa shape index (κ2) is 7.57. The van der Waals surface area contributed by atoms with Gasteiger partial charge in [-0.25, -0.2) is 0 Å². The highest BCUT2D eigenvalue weighted by Crippen LogP contribution is 2.47. The van der Waals surface area contributed by atoms with Crippen molar-refractivity contribution in [2.24, 2.45) is 0 Å². The van der Waals surface area contributed by atoms with Gasteiger partial charge in [0.2, 0.25) is 0 Å².